The fourth-order valence-electron chi connectivity index (χ4n) is 2.70. The molecule has 0 bridgehead atoms. The zero-order valence-electron chi connectivity index (χ0n) is 16.7. The van der Waals surface area contributed by atoms with Crippen molar-refractivity contribution < 1.29 is 14.3 Å². The van der Waals surface area contributed by atoms with Crippen LogP contribution < -0.4 is 10.6 Å². The van der Waals surface area contributed by atoms with Gasteiger partial charge in [0.2, 0.25) is 0 Å². The molecule has 0 aliphatic carbocycles. The van der Waals surface area contributed by atoms with Crippen LogP contribution in [0.1, 0.15) is 39.4 Å². The van der Waals surface area contributed by atoms with Crippen molar-refractivity contribution in [1.82, 2.24) is 20.0 Å². The van der Waals surface area contributed by atoms with Crippen molar-refractivity contribution in [2.24, 2.45) is 0 Å². The summed E-state index contributed by atoms with van der Waals surface area (Å²) in [4.78, 5) is 27.3. The van der Waals surface area contributed by atoms with Crippen LogP contribution in [0.5, 0.6) is 0 Å². The van der Waals surface area contributed by atoms with E-state index in [4.69, 9.17) is 17.0 Å². The number of carbonyl (C=O) groups is 2. The molecule has 2 rings (SSSR count). The highest BCUT2D eigenvalue weighted by Crippen LogP contribution is 2.34. The minimum atomic E-state index is -0.510. The quantitative estimate of drug-likeness (QED) is 0.423. The molecule has 158 valence electrons. The minimum Gasteiger partial charge on any atom is -0.465 e. The van der Waals surface area contributed by atoms with Crippen LogP contribution in [0, 0.1) is 6.92 Å². The maximum atomic E-state index is 12.8. The van der Waals surface area contributed by atoms with Crippen molar-refractivity contribution in [2.45, 2.75) is 27.3 Å². The summed E-state index contributed by atoms with van der Waals surface area (Å²) >= 11 is 9.91. The second-order valence-corrected chi connectivity index (χ2v) is 8.38. The normalized spacial score (nSPS) is 10.5. The van der Waals surface area contributed by atoms with Gasteiger partial charge in [-0.1, -0.05) is 0 Å². The Labute approximate surface area is 187 Å². The number of nitrogens with one attached hydrogen (secondary N) is 2. The van der Waals surface area contributed by atoms with Crippen molar-refractivity contribution in [3.63, 3.8) is 0 Å². The van der Waals surface area contributed by atoms with E-state index in [2.05, 4.69) is 31.7 Å². The van der Waals surface area contributed by atoms with Gasteiger partial charge in [-0.3, -0.25) is 9.48 Å². The van der Waals surface area contributed by atoms with Crippen LogP contribution >= 0.6 is 39.5 Å². The minimum absolute atomic E-state index is 0.112. The lowest BCUT2D eigenvalue weighted by Crippen LogP contribution is -2.31. The van der Waals surface area contributed by atoms with Gasteiger partial charge in [0.15, 0.2) is 5.11 Å². The van der Waals surface area contributed by atoms with Crippen LogP contribution in [-0.4, -0.2) is 58.4 Å². The Balaban J connectivity index is 2.15. The van der Waals surface area contributed by atoms with Crippen LogP contribution in [0.15, 0.2) is 16.9 Å². The lowest BCUT2D eigenvalue weighted by Gasteiger charge is -2.17. The topological polar surface area (TPSA) is 88.5 Å². The number of halogens is 1. The highest BCUT2D eigenvalue weighted by atomic mass is 79.9. The van der Waals surface area contributed by atoms with Gasteiger partial charge in [0.1, 0.15) is 5.00 Å². The molecule has 0 atom stereocenters. The molecule has 0 unspecified atom stereocenters. The first-order chi connectivity index (χ1) is 13.8. The van der Waals surface area contributed by atoms with E-state index < -0.39 is 5.97 Å². The van der Waals surface area contributed by atoms with Gasteiger partial charge >= 0.3 is 5.97 Å². The molecule has 2 aromatic heterocycles. The predicted molar refractivity (Wildman–Crippen MR) is 122 cm³/mol. The summed E-state index contributed by atoms with van der Waals surface area (Å²) in [6.45, 7) is 7.93. The van der Waals surface area contributed by atoms with Gasteiger partial charge < -0.3 is 20.3 Å². The van der Waals surface area contributed by atoms with Gasteiger partial charge in [-0.15, -0.1) is 11.3 Å². The predicted octanol–water partition coefficient (Wildman–Crippen LogP) is 3.27. The first-order valence-electron chi connectivity index (χ1n) is 9.06. The molecule has 2 aromatic rings. The molecular weight excluding hydrogens is 478 g/mol. The third kappa shape index (κ3) is 5.77. The molecule has 0 radical (unpaired) electrons. The smallest absolute Gasteiger partial charge is 0.341 e. The van der Waals surface area contributed by atoms with Crippen LogP contribution in [0.25, 0.3) is 0 Å². The fourth-order valence-corrected chi connectivity index (χ4v) is 4.46. The summed E-state index contributed by atoms with van der Waals surface area (Å²) in [6, 6.07) is 0. The number of thiocarbonyl (C=S) groups is 1. The Hall–Kier alpha value is -1.98. The monoisotopic (exact) mass is 501 g/mol. The number of carbonyl (C=O) groups excluding carboxylic acids is 2. The number of ether oxygens (including phenoxy) is 1. The molecule has 1 amide bonds. The molecule has 8 nitrogen and oxygen atoms in total. The largest absolute Gasteiger partial charge is 0.465 e. The second-order valence-electron chi connectivity index (χ2n) is 6.03. The molecule has 0 aliphatic heterocycles. The van der Waals surface area contributed by atoms with E-state index in [0.717, 1.165) is 4.47 Å². The molecule has 0 aromatic carbocycles. The molecule has 0 saturated carbocycles. The van der Waals surface area contributed by atoms with Crippen molar-refractivity contribution >= 4 is 61.5 Å². The van der Waals surface area contributed by atoms with E-state index in [-0.39, 0.29) is 5.91 Å². The van der Waals surface area contributed by atoms with E-state index in [1.807, 2.05) is 20.0 Å². The zero-order chi connectivity index (χ0) is 21.6. The summed E-state index contributed by atoms with van der Waals surface area (Å²) in [5.74, 6) is -0.622. The zero-order valence-corrected chi connectivity index (χ0v) is 20.0. The summed E-state index contributed by atoms with van der Waals surface area (Å²) in [5.41, 5.74) is 0.915. The number of methoxy groups -OCH3 is 1. The first-order valence-corrected chi connectivity index (χ1v) is 11.1. The Morgan fingerprint density at radius 2 is 2.07 bits per heavy atom. The average Bonchev–Trinajstić information content (AvgIpc) is 3.25. The summed E-state index contributed by atoms with van der Waals surface area (Å²) in [6.07, 6.45) is 3.57. The number of anilines is 1. The van der Waals surface area contributed by atoms with E-state index in [0.29, 0.717) is 52.3 Å². The molecule has 0 aliphatic rings. The number of hydrogen-bond acceptors (Lipinski definition) is 6. The highest BCUT2D eigenvalue weighted by Gasteiger charge is 2.27. The SMILES string of the molecule is CCN(CC)C(=O)c1sc(NC(=S)NCCn2cc(Br)cn2)c(C(=O)OC)c1C. The second kappa shape index (κ2) is 10.7. The molecule has 0 spiro atoms. The summed E-state index contributed by atoms with van der Waals surface area (Å²) < 4.78 is 7.59. The molecule has 11 heteroatoms. The lowest BCUT2D eigenvalue weighted by molar-refractivity contribution is 0.0601. The molecule has 0 fully saturated rings. The number of thiophene rings is 1. The number of rotatable bonds is 8. The number of hydrogen-bond donors (Lipinski definition) is 2. The Kier molecular flexibility index (Phi) is 8.60. The number of aromatic nitrogens is 2. The molecular formula is C18H24BrN5O3S2. The van der Waals surface area contributed by atoms with Crippen molar-refractivity contribution in [3.8, 4) is 0 Å². The molecule has 2 N–H and O–H groups in total. The van der Waals surface area contributed by atoms with Gasteiger partial charge in [0.05, 0.1) is 34.8 Å². The molecule has 29 heavy (non-hydrogen) atoms. The van der Waals surface area contributed by atoms with Crippen LogP contribution in [0.4, 0.5) is 5.00 Å². The van der Waals surface area contributed by atoms with Crippen molar-refractivity contribution in [3.05, 3.63) is 32.9 Å². The average molecular weight is 502 g/mol. The standard InChI is InChI=1S/C18H24BrN5O3S2/c1-5-23(6-2)16(25)14-11(3)13(17(26)27-4)15(29-14)22-18(28)20-7-8-24-10-12(19)9-21-24/h9-10H,5-8H2,1-4H3,(H2,20,22,28). The lowest BCUT2D eigenvalue weighted by atomic mass is 10.1. The first kappa shape index (κ1) is 23.3. The molecule has 0 saturated heterocycles. The maximum absolute atomic E-state index is 12.8. The number of nitrogens with zero attached hydrogens (tertiary/aromatic N) is 3. The maximum Gasteiger partial charge on any atom is 0.341 e. The van der Waals surface area contributed by atoms with E-state index in [9.17, 15) is 9.59 Å². The van der Waals surface area contributed by atoms with Crippen LogP contribution in [-0.2, 0) is 11.3 Å². The highest BCUT2D eigenvalue weighted by molar-refractivity contribution is 9.10. The van der Waals surface area contributed by atoms with Crippen molar-refractivity contribution in [2.75, 3.05) is 32.1 Å². The third-order valence-corrected chi connectivity index (χ3v) is 6.09. The Bertz CT molecular complexity index is 892. The van der Waals surface area contributed by atoms with Gasteiger partial charge in [0, 0.05) is 25.8 Å². The Morgan fingerprint density at radius 3 is 2.62 bits per heavy atom. The molecule has 2 heterocycles. The van der Waals surface area contributed by atoms with Gasteiger partial charge in [-0.2, -0.15) is 5.10 Å². The number of esters is 1. The van der Waals surface area contributed by atoms with Gasteiger partial charge in [-0.05, 0) is 54.5 Å². The van der Waals surface area contributed by atoms with Crippen LogP contribution in [0.3, 0.4) is 0 Å². The third-order valence-electron chi connectivity index (χ3n) is 4.24. The summed E-state index contributed by atoms with van der Waals surface area (Å²) in [5, 5.41) is 11.1. The van der Waals surface area contributed by atoms with E-state index >= 15 is 0 Å². The summed E-state index contributed by atoms with van der Waals surface area (Å²) in [7, 11) is 1.31. The van der Waals surface area contributed by atoms with E-state index in [1.165, 1.54) is 18.4 Å². The van der Waals surface area contributed by atoms with E-state index in [1.54, 1.807) is 22.7 Å². The van der Waals surface area contributed by atoms with Gasteiger partial charge in [0.25, 0.3) is 5.91 Å². The Morgan fingerprint density at radius 1 is 1.38 bits per heavy atom. The van der Waals surface area contributed by atoms with Crippen molar-refractivity contribution in [1.29, 1.82) is 0 Å². The van der Waals surface area contributed by atoms with Gasteiger partial charge in [-0.25, -0.2) is 4.79 Å². The fraction of sp³-hybridized carbons (Fsp3) is 0.444. The van der Waals surface area contributed by atoms with Crippen LogP contribution in [0.2, 0.25) is 0 Å². The number of amides is 1.